The molecule has 1 aliphatic heterocycles. The SMILES string of the molecule is CC(C)NCC1CCN(c2c(F)cc3c(=O)c(C(=O)O)c[nH]c3c2F)C1. The van der Waals surface area contributed by atoms with Crippen LogP contribution in [0.3, 0.4) is 0 Å². The molecule has 6 nitrogen and oxygen atoms in total. The first kappa shape index (κ1) is 18.3. The Morgan fingerprint density at radius 3 is 2.85 bits per heavy atom. The van der Waals surface area contributed by atoms with E-state index in [-0.39, 0.29) is 22.5 Å². The van der Waals surface area contributed by atoms with Gasteiger partial charge in [0.15, 0.2) is 5.82 Å². The number of nitrogens with zero attached hydrogens (tertiary/aromatic N) is 1. The second-order valence-electron chi connectivity index (χ2n) is 6.94. The third-order valence-electron chi connectivity index (χ3n) is 4.69. The molecule has 1 atom stereocenters. The number of fused-ring (bicyclic) bond motifs is 1. The number of H-pyrrole nitrogens is 1. The zero-order valence-corrected chi connectivity index (χ0v) is 14.6. The summed E-state index contributed by atoms with van der Waals surface area (Å²) in [5.41, 5.74) is -1.82. The van der Waals surface area contributed by atoms with Gasteiger partial charge < -0.3 is 20.3 Å². The molecule has 1 saturated heterocycles. The van der Waals surface area contributed by atoms with Crippen molar-refractivity contribution in [1.82, 2.24) is 10.3 Å². The van der Waals surface area contributed by atoms with Gasteiger partial charge in [-0.2, -0.15) is 0 Å². The van der Waals surface area contributed by atoms with Crippen LogP contribution in [0.25, 0.3) is 10.9 Å². The van der Waals surface area contributed by atoms with Gasteiger partial charge in [0.25, 0.3) is 0 Å². The van der Waals surface area contributed by atoms with Gasteiger partial charge in [0.1, 0.15) is 17.1 Å². The molecule has 0 amide bonds. The van der Waals surface area contributed by atoms with E-state index >= 15 is 0 Å². The van der Waals surface area contributed by atoms with Gasteiger partial charge in [-0.25, -0.2) is 13.6 Å². The van der Waals surface area contributed by atoms with Crippen molar-refractivity contribution < 1.29 is 18.7 Å². The number of nitrogens with one attached hydrogen (secondary N) is 2. The summed E-state index contributed by atoms with van der Waals surface area (Å²) in [6, 6.07) is 1.25. The Labute approximate surface area is 148 Å². The number of aromatic amines is 1. The number of carbonyl (C=O) groups is 1. The predicted molar refractivity (Wildman–Crippen MR) is 94.9 cm³/mol. The first-order chi connectivity index (χ1) is 12.3. The molecule has 26 heavy (non-hydrogen) atoms. The summed E-state index contributed by atoms with van der Waals surface area (Å²) in [4.78, 5) is 27.3. The molecule has 2 heterocycles. The predicted octanol–water partition coefficient (Wildman–Crippen LogP) is 2.33. The van der Waals surface area contributed by atoms with Crippen molar-refractivity contribution in [3.63, 3.8) is 0 Å². The van der Waals surface area contributed by atoms with Gasteiger partial charge in [0.05, 0.1) is 10.9 Å². The van der Waals surface area contributed by atoms with Crippen LogP contribution >= 0.6 is 0 Å². The molecular weight excluding hydrogens is 344 g/mol. The molecule has 3 N–H and O–H groups in total. The normalized spacial score (nSPS) is 17.4. The molecular formula is C18H21F2N3O3. The first-order valence-electron chi connectivity index (χ1n) is 8.54. The van der Waals surface area contributed by atoms with Crippen LogP contribution in [0.4, 0.5) is 14.5 Å². The molecule has 0 saturated carbocycles. The highest BCUT2D eigenvalue weighted by Gasteiger charge is 2.29. The average Bonchev–Trinajstić information content (AvgIpc) is 3.02. The molecule has 1 fully saturated rings. The summed E-state index contributed by atoms with van der Waals surface area (Å²) < 4.78 is 29.5. The Hall–Kier alpha value is -2.48. The van der Waals surface area contributed by atoms with Gasteiger partial charge in [0, 0.05) is 25.3 Å². The second-order valence-corrected chi connectivity index (χ2v) is 6.94. The van der Waals surface area contributed by atoms with E-state index in [1.165, 1.54) is 0 Å². The number of hydrogen-bond acceptors (Lipinski definition) is 4. The van der Waals surface area contributed by atoms with E-state index in [2.05, 4.69) is 10.3 Å². The van der Waals surface area contributed by atoms with E-state index in [9.17, 15) is 18.4 Å². The minimum absolute atomic E-state index is 0.178. The average molecular weight is 365 g/mol. The molecule has 1 unspecified atom stereocenters. The number of hydrogen-bond donors (Lipinski definition) is 3. The number of aromatic carboxylic acids is 1. The van der Waals surface area contributed by atoms with Gasteiger partial charge in [-0.05, 0) is 24.9 Å². The number of halogens is 2. The van der Waals surface area contributed by atoms with E-state index < -0.39 is 28.6 Å². The van der Waals surface area contributed by atoms with Gasteiger partial charge in [-0.15, -0.1) is 0 Å². The lowest BCUT2D eigenvalue weighted by Gasteiger charge is -2.21. The van der Waals surface area contributed by atoms with Crippen LogP contribution in [0, 0.1) is 17.6 Å². The number of rotatable bonds is 5. The number of pyridine rings is 1. The highest BCUT2D eigenvalue weighted by Crippen LogP contribution is 2.32. The number of carboxylic acid groups (broad SMARTS) is 1. The third-order valence-corrected chi connectivity index (χ3v) is 4.69. The third kappa shape index (κ3) is 3.29. The molecule has 8 heteroatoms. The summed E-state index contributed by atoms with van der Waals surface area (Å²) in [6.07, 6.45) is 1.75. The molecule has 0 aliphatic carbocycles. The Morgan fingerprint density at radius 1 is 1.46 bits per heavy atom. The lowest BCUT2D eigenvalue weighted by Crippen LogP contribution is -2.31. The van der Waals surface area contributed by atoms with Gasteiger partial charge >= 0.3 is 5.97 Å². The fourth-order valence-electron chi connectivity index (χ4n) is 3.34. The summed E-state index contributed by atoms with van der Waals surface area (Å²) in [6.45, 7) is 5.87. The Morgan fingerprint density at radius 2 is 2.19 bits per heavy atom. The van der Waals surface area contributed by atoms with Crippen molar-refractivity contribution in [2.45, 2.75) is 26.3 Å². The van der Waals surface area contributed by atoms with E-state index in [1.807, 2.05) is 13.8 Å². The summed E-state index contributed by atoms with van der Waals surface area (Å²) in [5.74, 6) is -2.90. The maximum absolute atomic E-state index is 14.9. The molecule has 0 bridgehead atoms. The fourth-order valence-corrected chi connectivity index (χ4v) is 3.34. The van der Waals surface area contributed by atoms with Crippen molar-refractivity contribution in [2.24, 2.45) is 5.92 Å². The summed E-state index contributed by atoms with van der Waals surface area (Å²) >= 11 is 0. The van der Waals surface area contributed by atoms with Crippen LogP contribution in [0.5, 0.6) is 0 Å². The van der Waals surface area contributed by atoms with E-state index in [0.29, 0.717) is 19.1 Å². The van der Waals surface area contributed by atoms with Crippen LogP contribution in [0.15, 0.2) is 17.1 Å². The largest absolute Gasteiger partial charge is 0.477 e. The van der Waals surface area contributed by atoms with Crippen molar-refractivity contribution in [2.75, 3.05) is 24.5 Å². The van der Waals surface area contributed by atoms with Crippen LogP contribution < -0.4 is 15.6 Å². The molecule has 3 rings (SSSR count). The maximum Gasteiger partial charge on any atom is 0.341 e. The molecule has 0 radical (unpaired) electrons. The van der Waals surface area contributed by atoms with E-state index in [1.54, 1.807) is 4.90 Å². The van der Waals surface area contributed by atoms with Gasteiger partial charge in [-0.3, -0.25) is 4.79 Å². The van der Waals surface area contributed by atoms with E-state index in [0.717, 1.165) is 25.2 Å². The highest BCUT2D eigenvalue weighted by molar-refractivity contribution is 5.93. The zero-order chi connectivity index (χ0) is 19.0. The van der Waals surface area contributed by atoms with Gasteiger partial charge in [0.2, 0.25) is 5.43 Å². The van der Waals surface area contributed by atoms with Crippen LogP contribution in [0.1, 0.15) is 30.6 Å². The second kappa shape index (κ2) is 7.03. The fraction of sp³-hybridized carbons (Fsp3) is 0.444. The molecule has 1 aromatic heterocycles. The minimum atomic E-state index is -1.45. The Kier molecular flexibility index (Phi) is 4.95. The minimum Gasteiger partial charge on any atom is -0.477 e. The quantitative estimate of drug-likeness (QED) is 0.757. The standard InChI is InChI=1S/C18H21F2N3O3/c1-9(2)21-6-10-3-4-23(8-10)16-13(19)5-11-15(14(16)20)22-7-12(17(11)24)18(25)26/h5,7,9-10,21H,3-4,6,8H2,1-2H3,(H,22,24)(H,25,26). The molecule has 2 aromatic rings. The number of carboxylic acids is 1. The van der Waals surface area contributed by atoms with Crippen molar-refractivity contribution in [3.8, 4) is 0 Å². The Bertz CT molecular complexity index is 911. The highest BCUT2D eigenvalue weighted by atomic mass is 19.1. The number of benzene rings is 1. The van der Waals surface area contributed by atoms with Crippen LogP contribution in [-0.4, -0.2) is 41.7 Å². The lowest BCUT2D eigenvalue weighted by molar-refractivity contribution is 0.0695. The number of anilines is 1. The smallest absolute Gasteiger partial charge is 0.341 e. The maximum atomic E-state index is 14.9. The molecule has 1 aliphatic rings. The molecule has 1 aromatic carbocycles. The Balaban J connectivity index is 1.97. The van der Waals surface area contributed by atoms with Crippen molar-refractivity contribution >= 4 is 22.6 Å². The first-order valence-corrected chi connectivity index (χ1v) is 8.54. The summed E-state index contributed by atoms with van der Waals surface area (Å²) in [7, 11) is 0. The van der Waals surface area contributed by atoms with Crippen LogP contribution in [0.2, 0.25) is 0 Å². The van der Waals surface area contributed by atoms with E-state index in [4.69, 9.17) is 5.11 Å². The monoisotopic (exact) mass is 365 g/mol. The van der Waals surface area contributed by atoms with Crippen molar-refractivity contribution in [3.05, 3.63) is 39.7 Å². The zero-order valence-electron chi connectivity index (χ0n) is 14.6. The van der Waals surface area contributed by atoms with Gasteiger partial charge in [-0.1, -0.05) is 13.8 Å². The number of aromatic nitrogens is 1. The molecule has 140 valence electrons. The lowest BCUT2D eigenvalue weighted by atomic mass is 10.1. The topological polar surface area (TPSA) is 85.4 Å². The molecule has 0 spiro atoms. The van der Waals surface area contributed by atoms with Crippen LogP contribution in [-0.2, 0) is 0 Å². The van der Waals surface area contributed by atoms with Crippen molar-refractivity contribution in [1.29, 1.82) is 0 Å². The summed E-state index contributed by atoms with van der Waals surface area (Å²) in [5, 5.41) is 12.0.